The first-order chi connectivity index (χ1) is 8.19. The van der Waals surface area contributed by atoms with Crippen LogP contribution in [0.3, 0.4) is 0 Å². The highest BCUT2D eigenvalue weighted by Crippen LogP contribution is 2.39. The average Bonchev–Trinajstić information content (AvgIpc) is 2.36. The second-order valence-electron chi connectivity index (χ2n) is 3.77. The molecule has 0 spiro atoms. The largest absolute Gasteiger partial charge is 0.493 e. The van der Waals surface area contributed by atoms with Gasteiger partial charge in [-0.3, -0.25) is 0 Å². The summed E-state index contributed by atoms with van der Waals surface area (Å²) in [5.74, 6) is 1.63. The number of ether oxygens (including phenoxy) is 2. The highest BCUT2D eigenvalue weighted by atomic mass is 79.9. The third-order valence-electron chi connectivity index (χ3n) is 2.78. The summed E-state index contributed by atoms with van der Waals surface area (Å²) in [4.78, 5) is 0. The zero-order valence-corrected chi connectivity index (χ0v) is 12.5. The van der Waals surface area contributed by atoms with E-state index in [1.807, 2.05) is 13.1 Å². The molecule has 0 amide bonds. The molecule has 3 nitrogen and oxygen atoms in total. The number of hydrogen-bond donors (Lipinski definition) is 1. The van der Waals surface area contributed by atoms with Crippen LogP contribution in [-0.4, -0.2) is 27.8 Å². The molecule has 0 unspecified atom stereocenters. The standard InChI is InChI=1S/C13H20BrNO2/c1-5-9-8-11(16-3)13(17-4)10(12(9)14)6-7-15-2/h8,15H,5-7H2,1-4H3. The molecule has 0 atom stereocenters. The molecule has 1 rings (SSSR count). The van der Waals surface area contributed by atoms with Gasteiger partial charge in [0.05, 0.1) is 14.2 Å². The first-order valence-electron chi connectivity index (χ1n) is 5.76. The fourth-order valence-electron chi connectivity index (χ4n) is 1.84. The third kappa shape index (κ3) is 3.13. The Bertz CT molecular complexity index is 380. The van der Waals surface area contributed by atoms with Crippen LogP contribution in [0.25, 0.3) is 0 Å². The Labute approximate surface area is 112 Å². The number of nitrogens with one attached hydrogen (secondary N) is 1. The number of halogens is 1. The Hall–Kier alpha value is -0.740. The van der Waals surface area contributed by atoms with Crippen LogP contribution in [-0.2, 0) is 12.8 Å². The van der Waals surface area contributed by atoms with Crippen LogP contribution in [0.2, 0.25) is 0 Å². The Morgan fingerprint density at radius 3 is 2.47 bits per heavy atom. The first-order valence-corrected chi connectivity index (χ1v) is 6.55. The van der Waals surface area contributed by atoms with Crippen molar-refractivity contribution in [3.05, 3.63) is 21.7 Å². The Morgan fingerprint density at radius 1 is 1.29 bits per heavy atom. The lowest BCUT2D eigenvalue weighted by atomic mass is 10.0. The molecule has 17 heavy (non-hydrogen) atoms. The predicted octanol–water partition coefficient (Wildman–Crippen LogP) is 2.79. The van der Waals surface area contributed by atoms with Gasteiger partial charge in [0.2, 0.25) is 0 Å². The third-order valence-corrected chi connectivity index (χ3v) is 3.77. The average molecular weight is 302 g/mol. The smallest absolute Gasteiger partial charge is 0.165 e. The minimum Gasteiger partial charge on any atom is -0.493 e. The van der Waals surface area contributed by atoms with Crippen LogP contribution in [0.5, 0.6) is 11.5 Å². The molecule has 0 saturated carbocycles. The van der Waals surface area contributed by atoms with Gasteiger partial charge in [-0.2, -0.15) is 0 Å². The summed E-state index contributed by atoms with van der Waals surface area (Å²) in [5.41, 5.74) is 2.41. The van der Waals surface area contributed by atoms with E-state index in [1.54, 1.807) is 14.2 Å². The number of aryl methyl sites for hydroxylation is 1. The molecule has 0 saturated heterocycles. The Balaban J connectivity index is 3.28. The quantitative estimate of drug-likeness (QED) is 0.876. The van der Waals surface area contributed by atoms with Crippen LogP contribution in [0.1, 0.15) is 18.1 Å². The molecule has 0 aliphatic rings. The van der Waals surface area contributed by atoms with Gasteiger partial charge in [-0.1, -0.05) is 22.9 Å². The summed E-state index contributed by atoms with van der Waals surface area (Å²) in [6.07, 6.45) is 1.87. The molecule has 0 heterocycles. The SMILES string of the molecule is CCc1cc(OC)c(OC)c(CCNC)c1Br. The van der Waals surface area contributed by atoms with E-state index in [-0.39, 0.29) is 0 Å². The van der Waals surface area contributed by atoms with E-state index >= 15 is 0 Å². The topological polar surface area (TPSA) is 30.5 Å². The highest BCUT2D eigenvalue weighted by molar-refractivity contribution is 9.10. The summed E-state index contributed by atoms with van der Waals surface area (Å²) in [5, 5.41) is 3.15. The van der Waals surface area contributed by atoms with Crippen molar-refractivity contribution in [3.63, 3.8) is 0 Å². The lowest BCUT2D eigenvalue weighted by Crippen LogP contribution is -2.12. The van der Waals surface area contributed by atoms with Gasteiger partial charge in [-0.15, -0.1) is 0 Å². The molecule has 0 aliphatic heterocycles. The number of benzene rings is 1. The molecule has 4 heteroatoms. The van der Waals surface area contributed by atoms with Gasteiger partial charge >= 0.3 is 0 Å². The van der Waals surface area contributed by atoms with Gasteiger partial charge in [0.25, 0.3) is 0 Å². The van der Waals surface area contributed by atoms with Crippen molar-refractivity contribution in [3.8, 4) is 11.5 Å². The molecule has 0 bridgehead atoms. The van der Waals surface area contributed by atoms with Crippen molar-refractivity contribution >= 4 is 15.9 Å². The molecule has 1 N–H and O–H groups in total. The molecule has 0 radical (unpaired) electrons. The van der Waals surface area contributed by atoms with E-state index in [4.69, 9.17) is 9.47 Å². The van der Waals surface area contributed by atoms with Gasteiger partial charge in [0, 0.05) is 10.0 Å². The summed E-state index contributed by atoms with van der Waals surface area (Å²) in [7, 11) is 5.30. The fourth-order valence-corrected chi connectivity index (χ4v) is 2.61. The summed E-state index contributed by atoms with van der Waals surface area (Å²) in [6, 6.07) is 2.03. The number of rotatable bonds is 6. The van der Waals surface area contributed by atoms with E-state index < -0.39 is 0 Å². The van der Waals surface area contributed by atoms with Crippen LogP contribution >= 0.6 is 15.9 Å². The normalized spacial score (nSPS) is 10.4. The van der Waals surface area contributed by atoms with Crippen molar-refractivity contribution in [2.75, 3.05) is 27.8 Å². The molecule has 96 valence electrons. The minimum absolute atomic E-state index is 0.804. The first kappa shape index (κ1) is 14.3. The van der Waals surface area contributed by atoms with Crippen LogP contribution < -0.4 is 14.8 Å². The maximum Gasteiger partial charge on any atom is 0.165 e. The molecule has 1 aromatic carbocycles. The molecular formula is C13H20BrNO2. The zero-order valence-electron chi connectivity index (χ0n) is 10.9. The summed E-state index contributed by atoms with van der Waals surface area (Å²) >= 11 is 3.66. The van der Waals surface area contributed by atoms with Crippen molar-refractivity contribution in [1.82, 2.24) is 5.32 Å². The fraction of sp³-hybridized carbons (Fsp3) is 0.538. The molecule has 0 aromatic heterocycles. The van der Waals surface area contributed by atoms with Crippen LogP contribution in [0.15, 0.2) is 10.5 Å². The van der Waals surface area contributed by atoms with Crippen LogP contribution in [0.4, 0.5) is 0 Å². The molecule has 0 aliphatic carbocycles. The van der Waals surface area contributed by atoms with Crippen molar-refractivity contribution < 1.29 is 9.47 Å². The molecule has 1 aromatic rings. The zero-order chi connectivity index (χ0) is 12.8. The highest BCUT2D eigenvalue weighted by Gasteiger charge is 2.16. The van der Waals surface area contributed by atoms with E-state index in [0.717, 1.165) is 40.9 Å². The van der Waals surface area contributed by atoms with Crippen LogP contribution in [0, 0.1) is 0 Å². The van der Waals surface area contributed by atoms with E-state index in [1.165, 1.54) is 5.56 Å². The number of methoxy groups -OCH3 is 2. The van der Waals surface area contributed by atoms with Gasteiger partial charge < -0.3 is 14.8 Å². The van der Waals surface area contributed by atoms with E-state index in [9.17, 15) is 0 Å². The Kier molecular flexibility index (Phi) is 5.78. The Morgan fingerprint density at radius 2 is 2.00 bits per heavy atom. The maximum atomic E-state index is 5.46. The van der Waals surface area contributed by atoms with Crippen molar-refractivity contribution in [1.29, 1.82) is 0 Å². The summed E-state index contributed by atoms with van der Waals surface area (Å²) in [6.45, 7) is 3.04. The predicted molar refractivity (Wildman–Crippen MR) is 74.3 cm³/mol. The van der Waals surface area contributed by atoms with E-state index in [0.29, 0.717) is 0 Å². The van der Waals surface area contributed by atoms with Gasteiger partial charge in [0.15, 0.2) is 11.5 Å². The second-order valence-corrected chi connectivity index (χ2v) is 4.56. The maximum absolute atomic E-state index is 5.46. The second kappa shape index (κ2) is 6.87. The van der Waals surface area contributed by atoms with Crippen molar-refractivity contribution in [2.45, 2.75) is 19.8 Å². The van der Waals surface area contributed by atoms with Gasteiger partial charge in [0.1, 0.15) is 0 Å². The summed E-state index contributed by atoms with van der Waals surface area (Å²) < 4.78 is 12.0. The number of likely N-dealkylation sites (N-methyl/N-ethyl adjacent to an activating group) is 1. The van der Waals surface area contributed by atoms with E-state index in [2.05, 4.69) is 28.2 Å². The van der Waals surface area contributed by atoms with Gasteiger partial charge in [-0.25, -0.2) is 0 Å². The lowest BCUT2D eigenvalue weighted by Gasteiger charge is -2.17. The van der Waals surface area contributed by atoms with Gasteiger partial charge in [-0.05, 0) is 38.1 Å². The number of hydrogen-bond acceptors (Lipinski definition) is 3. The molecule has 0 fully saturated rings. The monoisotopic (exact) mass is 301 g/mol. The molecular weight excluding hydrogens is 282 g/mol. The lowest BCUT2D eigenvalue weighted by molar-refractivity contribution is 0.350. The minimum atomic E-state index is 0.804. The van der Waals surface area contributed by atoms with Crippen molar-refractivity contribution in [2.24, 2.45) is 0 Å².